The van der Waals surface area contributed by atoms with Crippen LogP contribution >= 0.6 is 0 Å². The molecule has 3 heteroatoms. The summed E-state index contributed by atoms with van der Waals surface area (Å²) >= 11 is 0. The molecule has 0 saturated heterocycles. The maximum absolute atomic E-state index is 11.3. The Hall–Kier alpha value is -1.51. The third-order valence-corrected chi connectivity index (χ3v) is 2.54. The normalized spacial score (nSPS) is 12.1. The van der Waals surface area contributed by atoms with Gasteiger partial charge < -0.3 is 9.84 Å². The number of ether oxygens (including phenoxy) is 1. The van der Waals surface area contributed by atoms with Crippen molar-refractivity contribution in [3.8, 4) is 5.75 Å². The Bertz CT molecular complexity index is 360. The number of hydrogen-bond donors (Lipinski definition) is 1. The van der Waals surface area contributed by atoms with Crippen LogP contribution < -0.4 is 0 Å². The first-order valence-electron chi connectivity index (χ1n) is 6.09. The van der Waals surface area contributed by atoms with Gasteiger partial charge in [0.05, 0.1) is 6.10 Å². The predicted molar refractivity (Wildman–Crippen MR) is 66.9 cm³/mol. The second-order valence-electron chi connectivity index (χ2n) is 4.26. The van der Waals surface area contributed by atoms with Gasteiger partial charge in [0.2, 0.25) is 0 Å². The van der Waals surface area contributed by atoms with E-state index in [9.17, 15) is 9.90 Å². The summed E-state index contributed by atoms with van der Waals surface area (Å²) in [5, 5.41) is 9.31. The van der Waals surface area contributed by atoms with Crippen LogP contribution in [-0.2, 0) is 16.0 Å². The molecule has 17 heavy (non-hydrogen) atoms. The first-order valence-corrected chi connectivity index (χ1v) is 6.09. The minimum Gasteiger partial charge on any atom is -0.508 e. The Kier molecular flexibility index (Phi) is 5.53. The zero-order valence-electron chi connectivity index (χ0n) is 10.5. The van der Waals surface area contributed by atoms with Crippen molar-refractivity contribution in [1.82, 2.24) is 0 Å². The van der Waals surface area contributed by atoms with Crippen LogP contribution in [0.15, 0.2) is 24.3 Å². The molecule has 0 heterocycles. The lowest BCUT2D eigenvalue weighted by Crippen LogP contribution is -2.15. The molecule has 1 aromatic rings. The second-order valence-corrected chi connectivity index (χ2v) is 4.26. The minimum absolute atomic E-state index is 0.0728. The van der Waals surface area contributed by atoms with Crippen LogP contribution in [0.4, 0.5) is 0 Å². The zero-order valence-corrected chi connectivity index (χ0v) is 10.5. The molecule has 0 aliphatic carbocycles. The molecule has 0 spiro atoms. The topological polar surface area (TPSA) is 46.5 Å². The van der Waals surface area contributed by atoms with Gasteiger partial charge in [0.15, 0.2) is 0 Å². The molecular weight excluding hydrogens is 216 g/mol. The summed E-state index contributed by atoms with van der Waals surface area (Å²) in [5.74, 6) is 0.147. The van der Waals surface area contributed by atoms with Gasteiger partial charge in [0, 0.05) is 6.42 Å². The van der Waals surface area contributed by atoms with Gasteiger partial charge in [-0.3, -0.25) is 4.79 Å². The zero-order chi connectivity index (χ0) is 12.7. The van der Waals surface area contributed by atoms with Crippen LogP contribution in [0.25, 0.3) is 0 Å². The number of phenols is 1. The maximum atomic E-state index is 11.3. The highest BCUT2D eigenvalue weighted by molar-refractivity contribution is 5.69. The van der Waals surface area contributed by atoms with Crippen LogP contribution in [0, 0.1) is 0 Å². The van der Waals surface area contributed by atoms with Crippen molar-refractivity contribution in [1.29, 1.82) is 0 Å². The number of rotatable bonds is 6. The van der Waals surface area contributed by atoms with E-state index >= 15 is 0 Å². The fourth-order valence-corrected chi connectivity index (χ4v) is 1.63. The highest BCUT2D eigenvalue weighted by atomic mass is 16.5. The Morgan fingerprint density at radius 2 is 2.24 bits per heavy atom. The molecule has 0 aromatic heterocycles. The monoisotopic (exact) mass is 236 g/mol. The smallest absolute Gasteiger partial charge is 0.306 e. The number of carbonyl (C=O) groups excluding carboxylic acids is 1. The molecule has 0 bridgehead atoms. The molecule has 0 aliphatic heterocycles. The molecule has 0 amide bonds. The van der Waals surface area contributed by atoms with Crippen molar-refractivity contribution in [2.75, 3.05) is 0 Å². The summed E-state index contributed by atoms with van der Waals surface area (Å²) in [5.41, 5.74) is 1.06. The number of aryl methyl sites for hydroxylation is 1. The predicted octanol–water partition coefficient (Wildman–Crippen LogP) is 3.06. The standard InChI is InChI=1S/C14H20O3/c1-3-5-14(16)17-11(2)8-9-12-6-4-7-13(15)10-12/h4,6-7,10-11,15H,3,5,8-9H2,1-2H3/t11-/m1/s1. The molecule has 0 unspecified atom stereocenters. The first kappa shape index (κ1) is 13.6. The lowest BCUT2D eigenvalue weighted by atomic mass is 10.1. The largest absolute Gasteiger partial charge is 0.508 e. The highest BCUT2D eigenvalue weighted by Crippen LogP contribution is 2.14. The fourth-order valence-electron chi connectivity index (χ4n) is 1.63. The van der Waals surface area contributed by atoms with Gasteiger partial charge >= 0.3 is 5.97 Å². The third-order valence-electron chi connectivity index (χ3n) is 2.54. The molecule has 3 nitrogen and oxygen atoms in total. The summed E-state index contributed by atoms with van der Waals surface area (Å²) in [6.45, 7) is 3.86. The fraction of sp³-hybridized carbons (Fsp3) is 0.500. The van der Waals surface area contributed by atoms with Crippen molar-refractivity contribution >= 4 is 5.97 Å². The van der Waals surface area contributed by atoms with Crippen molar-refractivity contribution in [3.63, 3.8) is 0 Å². The van der Waals surface area contributed by atoms with Gasteiger partial charge in [-0.2, -0.15) is 0 Å². The van der Waals surface area contributed by atoms with Gasteiger partial charge in [-0.1, -0.05) is 19.1 Å². The van der Waals surface area contributed by atoms with Crippen molar-refractivity contribution in [2.24, 2.45) is 0 Å². The molecule has 1 atom stereocenters. The average Bonchev–Trinajstić information content (AvgIpc) is 2.27. The van der Waals surface area contributed by atoms with E-state index in [2.05, 4.69) is 0 Å². The van der Waals surface area contributed by atoms with Crippen LogP contribution in [-0.4, -0.2) is 17.2 Å². The van der Waals surface area contributed by atoms with Crippen LogP contribution in [0.3, 0.4) is 0 Å². The molecule has 0 radical (unpaired) electrons. The second kappa shape index (κ2) is 6.94. The molecule has 1 rings (SSSR count). The highest BCUT2D eigenvalue weighted by Gasteiger charge is 2.08. The molecule has 1 aromatic carbocycles. The number of aromatic hydroxyl groups is 1. The summed E-state index contributed by atoms with van der Waals surface area (Å²) in [4.78, 5) is 11.3. The van der Waals surface area contributed by atoms with Crippen LogP contribution in [0.2, 0.25) is 0 Å². The van der Waals surface area contributed by atoms with E-state index in [0.717, 1.165) is 24.8 Å². The van der Waals surface area contributed by atoms with Crippen LogP contribution in [0.5, 0.6) is 5.75 Å². The maximum Gasteiger partial charge on any atom is 0.306 e. The van der Waals surface area contributed by atoms with Crippen molar-refractivity contribution in [3.05, 3.63) is 29.8 Å². The minimum atomic E-state index is -0.129. The Morgan fingerprint density at radius 3 is 2.88 bits per heavy atom. The van der Waals surface area contributed by atoms with E-state index < -0.39 is 0 Å². The molecule has 1 N–H and O–H groups in total. The quantitative estimate of drug-likeness (QED) is 0.772. The first-order chi connectivity index (χ1) is 8.11. The van der Waals surface area contributed by atoms with E-state index in [-0.39, 0.29) is 17.8 Å². The number of phenolic OH excluding ortho intramolecular Hbond substituents is 1. The van der Waals surface area contributed by atoms with Gasteiger partial charge in [-0.15, -0.1) is 0 Å². The number of carbonyl (C=O) groups is 1. The van der Waals surface area contributed by atoms with Crippen LogP contribution in [0.1, 0.15) is 38.7 Å². The van der Waals surface area contributed by atoms with E-state index in [1.807, 2.05) is 26.0 Å². The van der Waals surface area contributed by atoms with E-state index in [0.29, 0.717) is 6.42 Å². The summed E-state index contributed by atoms with van der Waals surface area (Å²) in [6.07, 6.45) is 2.80. The third kappa shape index (κ3) is 5.38. The summed E-state index contributed by atoms with van der Waals surface area (Å²) < 4.78 is 5.24. The van der Waals surface area contributed by atoms with Crippen molar-refractivity contribution < 1.29 is 14.6 Å². The van der Waals surface area contributed by atoms with E-state index in [1.54, 1.807) is 12.1 Å². The van der Waals surface area contributed by atoms with Gasteiger partial charge in [-0.05, 0) is 43.9 Å². The molecule has 0 saturated carbocycles. The van der Waals surface area contributed by atoms with Gasteiger partial charge in [-0.25, -0.2) is 0 Å². The van der Waals surface area contributed by atoms with Gasteiger partial charge in [0.1, 0.15) is 5.75 Å². The van der Waals surface area contributed by atoms with Gasteiger partial charge in [0.25, 0.3) is 0 Å². The lowest BCUT2D eigenvalue weighted by molar-refractivity contribution is -0.148. The Balaban J connectivity index is 2.33. The number of esters is 1. The molecule has 0 aliphatic rings. The van der Waals surface area contributed by atoms with Crippen molar-refractivity contribution in [2.45, 2.75) is 45.6 Å². The molecular formula is C14H20O3. The molecule has 0 fully saturated rings. The van der Waals surface area contributed by atoms with E-state index in [4.69, 9.17) is 4.74 Å². The Morgan fingerprint density at radius 1 is 1.47 bits per heavy atom. The lowest BCUT2D eigenvalue weighted by Gasteiger charge is -2.12. The van der Waals surface area contributed by atoms with E-state index in [1.165, 1.54) is 0 Å². The SMILES string of the molecule is CCCC(=O)O[C@H](C)CCc1cccc(O)c1. The number of benzene rings is 1. The Labute approximate surface area is 102 Å². The summed E-state index contributed by atoms with van der Waals surface area (Å²) in [6, 6.07) is 7.16. The molecule has 94 valence electrons. The summed E-state index contributed by atoms with van der Waals surface area (Å²) in [7, 11) is 0. The average molecular weight is 236 g/mol. The number of hydrogen-bond acceptors (Lipinski definition) is 3.